The molecule has 3 atom stereocenters. The monoisotopic (exact) mass is 562 g/mol. The van der Waals surface area contributed by atoms with Crippen molar-refractivity contribution in [3.63, 3.8) is 0 Å². The maximum atomic E-state index is 13.8. The van der Waals surface area contributed by atoms with E-state index in [-0.39, 0.29) is 24.5 Å². The molecule has 3 aromatic carbocycles. The van der Waals surface area contributed by atoms with E-state index in [1.54, 1.807) is 7.11 Å². The third-order valence-corrected chi connectivity index (χ3v) is 8.12. The van der Waals surface area contributed by atoms with E-state index in [1.807, 2.05) is 91.2 Å². The molecule has 3 unspecified atom stereocenters. The minimum Gasteiger partial charge on any atom is -0.493 e. The normalized spacial score (nSPS) is 19.9. The van der Waals surface area contributed by atoms with Gasteiger partial charge in [0, 0.05) is 16.8 Å². The van der Waals surface area contributed by atoms with E-state index in [9.17, 15) is 14.7 Å². The number of carbonyl (C=O) groups is 2. The van der Waals surface area contributed by atoms with Crippen molar-refractivity contribution in [2.24, 2.45) is 0 Å². The molecule has 40 heavy (non-hydrogen) atoms. The van der Waals surface area contributed by atoms with Crippen LogP contribution in [0.4, 0.5) is 5.69 Å². The van der Waals surface area contributed by atoms with Gasteiger partial charge in [0.1, 0.15) is 6.04 Å². The summed E-state index contributed by atoms with van der Waals surface area (Å²) in [5, 5.41) is 10.3. The van der Waals surface area contributed by atoms with Crippen LogP contribution in [-0.2, 0) is 16.0 Å². The largest absolute Gasteiger partial charge is 0.493 e. The molecule has 7 nitrogen and oxygen atoms in total. The Morgan fingerprint density at radius 3 is 2.35 bits per heavy atom. The molecule has 0 aromatic heterocycles. The number of hydrogen-bond donors (Lipinski definition) is 1. The van der Waals surface area contributed by atoms with Gasteiger partial charge in [-0.05, 0) is 98.8 Å². The summed E-state index contributed by atoms with van der Waals surface area (Å²) < 4.78 is 11.7. The Labute approximate surface area is 240 Å². The van der Waals surface area contributed by atoms with Crippen molar-refractivity contribution in [1.82, 2.24) is 4.90 Å². The van der Waals surface area contributed by atoms with E-state index in [4.69, 9.17) is 21.1 Å². The molecule has 1 N–H and O–H groups in total. The van der Waals surface area contributed by atoms with Gasteiger partial charge < -0.3 is 19.5 Å². The first-order chi connectivity index (χ1) is 19.2. The van der Waals surface area contributed by atoms with E-state index in [1.165, 1.54) is 0 Å². The molecule has 1 amide bonds. The second kappa shape index (κ2) is 11.5. The molecular weight excluding hydrogens is 528 g/mol. The predicted molar refractivity (Wildman–Crippen MR) is 155 cm³/mol. The zero-order valence-electron chi connectivity index (χ0n) is 23.3. The minimum atomic E-state index is -0.776. The third-order valence-electron chi connectivity index (χ3n) is 7.87. The van der Waals surface area contributed by atoms with Crippen molar-refractivity contribution < 1.29 is 24.2 Å². The molecule has 2 aliphatic rings. The summed E-state index contributed by atoms with van der Waals surface area (Å²) in [5.74, 6) is 0.427. The van der Waals surface area contributed by atoms with Gasteiger partial charge in [-0.1, -0.05) is 35.9 Å². The van der Waals surface area contributed by atoms with Crippen molar-refractivity contribution in [1.29, 1.82) is 0 Å². The fraction of sp³-hybridized carbons (Fsp3) is 0.375. The third kappa shape index (κ3) is 5.40. The Kier molecular flexibility index (Phi) is 8.06. The molecule has 8 heteroatoms. The van der Waals surface area contributed by atoms with E-state index in [2.05, 4.69) is 0 Å². The van der Waals surface area contributed by atoms with E-state index < -0.39 is 18.1 Å². The Bertz CT molecular complexity index is 1390. The molecule has 0 spiro atoms. The second-order valence-corrected chi connectivity index (χ2v) is 11.2. The van der Waals surface area contributed by atoms with Crippen LogP contribution in [-0.4, -0.2) is 47.7 Å². The summed E-state index contributed by atoms with van der Waals surface area (Å²) >= 11 is 6.23. The van der Waals surface area contributed by atoms with Gasteiger partial charge in [-0.25, -0.2) is 0 Å². The smallest absolute Gasteiger partial charge is 0.320 e. The van der Waals surface area contributed by atoms with E-state index in [0.717, 1.165) is 40.9 Å². The molecule has 0 saturated carbocycles. The van der Waals surface area contributed by atoms with Crippen molar-refractivity contribution >= 4 is 29.2 Å². The van der Waals surface area contributed by atoms with Crippen LogP contribution in [0, 0.1) is 0 Å². The number of carbonyl (C=O) groups excluding carboxylic acids is 1. The number of carboxylic acid groups (broad SMARTS) is 1. The molecule has 0 radical (unpaired) electrons. The van der Waals surface area contributed by atoms with Gasteiger partial charge >= 0.3 is 5.97 Å². The first-order valence-corrected chi connectivity index (χ1v) is 14.1. The molecule has 3 aromatic rings. The number of benzene rings is 3. The SMILES string of the molecule is COc1cc2c(cc1OC(C)C)C(c1ccc(Cl)cc1)N(c1ccc(C(C)N3CCCC3C(=O)O)cc1)C(=O)C2. The van der Waals surface area contributed by atoms with Gasteiger partial charge in [0.25, 0.3) is 0 Å². The molecule has 2 aliphatic heterocycles. The number of likely N-dealkylation sites (tertiary alicyclic amines) is 1. The van der Waals surface area contributed by atoms with Crippen LogP contribution in [0.25, 0.3) is 0 Å². The summed E-state index contributed by atoms with van der Waals surface area (Å²) in [6, 6.07) is 18.5. The lowest BCUT2D eigenvalue weighted by atomic mass is 9.86. The molecular formula is C32H35ClN2O5. The highest BCUT2D eigenvalue weighted by Gasteiger charge is 2.37. The fourth-order valence-electron chi connectivity index (χ4n) is 5.95. The van der Waals surface area contributed by atoms with Gasteiger partial charge in [0.2, 0.25) is 5.91 Å². The van der Waals surface area contributed by atoms with Crippen LogP contribution in [0.3, 0.4) is 0 Å². The number of halogens is 1. The van der Waals surface area contributed by atoms with Crippen LogP contribution >= 0.6 is 11.6 Å². The number of nitrogens with zero attached hydrogens (tertiary/aromatic N) is 2. The number of fused-ring (bicyclic) bond motifs is 1. The van der Waals surface area contributed by atoms with Gasteiger partial charge in [-0.2, -0.15) is 0 Å². The maximum absolute atomic E-state index is 13.8. The summed E-state index contributed by atoms with van der Waals surface area (Å²) in [4.78, 5) is 29.4. The van der Waals surface area contributed by atoms with Crippen molar-refractivity contribution in [3.05, 3.63) is 87.9 Å². The average Bonchev–Trinajstić information content (AvgIpc) is 3.43. The number of rotatable bonds is 8. The zero-order chi connectivity index (χ0) is 28.6. The standard InChI is InChI=1S/C32H35ClN2O5/c1-19(2)40-29-18-26-23(16-28(29)39-4)17-30(36)35(31(26)22-7-11-24(33)12-8-22)25-13-9-21(10-14-25)20(3)34-15-5-6-27(34)32(37)38/h7-14,16,18-20,27,31H,5-6,15,17H2,1-4H3,(H,37,38). The quantitative estimate of drug-likeness (QED) is 0.341. The molecule has 0 aliphatic carbocycles. The van der Waals surface area contributed by atoms with Crippen LogP contribution in [0.1, 0.15) is 68.0 Å². The molecule has 5 rings (SSSR count). The molecule has 0 bridgehead atoms. The molecule has 210 valence electrons. The number of carboxylic acids is 1. The Morgan fingerprint density at radius 1 is 1.02 bits per heavy atom. The van der Waals surface area contributed by atoms with Crippen LogP contribution in [0.5, 0.6) is 11.5 Å². The lowest BCUT2D eigenvalue weighted by molar-refractivity contribution is -0.142. The topological polar surface area (TPSA) is 79.3 Å². The molecule has 1 saturated heterocycles. The predicted octanol–water partition coefficient (Wildman–Crippen LogP) is 6.42. The van der Waals surface area contributed by atoms with Crippen molar-refractivity contribution in [2.75, 3.05) is 18.6 Å². The van der Waals surface area contributed by atoms with Gasteiger partial charge in [-0.3, -0.25) is 14.5 Å². The number of hydrogen-bond acceptors (Lipinski definition) is 5. The van der Waals surface area contributed by atoms with Gasteiger partial charge in [-0.15, -0.1) is 0 Å². The first kappa shape index (κ1) is 28.0. The summed E-state index contributed by atoms with van der Waals surface area (Å²) in [7, 11) is 1.60. The summed E-state index contributed by atoms with van der Waals surface area (Å²) in [5.41, 5.74) is 4.58. The maximum Gasteiger partial charge on any atom is 0.320 e. The second-order valence-electron chi connectivity index (χ2n) is 10.8. The highest BCUT2D eigenvalue weighted by Crippen LogP contribution is 2.44. The van der Waals surface area contributed by atoms with Crippen LogP contribution < -0.4 is 14.4 Å². The number of amides is 1. The summed E-state index contributed by atoms with van der Waals surface area (Å²) in [6.07, 6.45) is 1.71. The average molecular weight is 563 g/mol. The van der Waals surface area contributed by atoms with Gasteiger partial charge in [0.05, 0.1) is 25.7 Å². The minimum absolute atomic E-state index is 0.0293. The highest BCUT2D eigenvalue weighted by molar-refractivity contribution is 6.30. The Balaban J connectivity index is 1.55. The number of ether oxygens (including phenoxy) is 2. The molecule has 2 heterocycles. The Hall–Kier alpha value is -3.55. The number of anilines is 1. The summed E-state index contributed by atoms with van der Waals surface area (Å²) in [6.45, 7) is 6.73. The van der Waals surface area contributed by atoms with E-state index >= 15 is 0 Å². The first-order valence-electron chi connectivity index (χ1n) is 13.7. The number of aliphatic carboxylic acids is 1. The van der Waals surface area contributed by atoms with Gasteiger partial charge in [0.15, 0.2) is 11.5 Å². The highest BCUT2D eigenvalue weighted by atomic mass is 35.5. The van der Waals surface area contributed by atoms with Crippen LogP contribution in [0.2, 0.25) is 5.02 Å². The van der Waals surface area contributed by atoms with E-state index in [0.29, 0.717) is 22.9 Å². The van der Waals surface area contributed by atoms with Crippen molar-refractivity contribution in [3.8, 4) is 11.5 Å². The zero-order valence-corrected chi connectivity index (χ0v) is 24.0. The van der Waals surface area contributed by atoms with Crippen molar-refractivity contribution in [2.45, 2.75) is 64.3 Å². The number of methoxy groups -OCH3 is 1. The lowest BCUT2D eigenvalue weighted by Gasteiger charge is -2.38. The molecule has 1 fully saturated rings. The Morgan fingerprint density at radius 2 is 1.73 bits per heavy atom. The fourth-order valence-corrected chi connectivity index (χ4v) is 6.08. The lowest BCUT2D eigenvalue weighted by Crippen LogP contribution is -2.41. The van der Waals surface area contributed by atoms with Crippen LogP contribution in [0.15, 0.2) is 60.7 Å².